The molecule has 136 valence electrons. The number of nitriles is 1. The Labute approximate surface area is 161 Å². The van der Waals surface area contributed by atoms with Crippen molar-refractivity contribution in [3.63, 3.8) is 0 Å². The number of nitrogens with zero attached hydrogens (tertiary/aromatic N) is 4. The van der Waals surface area contributed by atoms with Crippen LogP contribution in [0.25, 0.3) is 11.0 Å². The molecule has 0 saturated carbocycles. The molecule has 0 unspecified atom stereocenters. The topological polar surface area (TPSA) is 97.7 Å². The summed E-state index contributed by atoms with van der Waals surface area (Å²) in [6.45, 7) is 1.14. The van der Waals surface area contributed by atoms with Gasteiger partial charge < -0.3 is 15.2 Å². The Hall–Kier alpha value is -3.11. The third-order valence-corrected chi connectivity index (χ3v) is 5.25. The molecule has 0 atom stereocenters. The summed E-state index contributed by atoms with van der Waals surface area (Å²) < 4.78 is 0. The van der Waals surface area contributed by atoms with E-state index in [9.17, 15) is 10.1 Å². The van der Waals surface area contributed by atoms with Crippen molar-refractivity contribution in [2.45, 2.75) is 12.8 Å². The zero-order chi connectivity index (χ0) is 18.9. The zero-order valence-electron chi connectivity index (χ0n) is 14.4. The summed E-state index contributed by atoms with van der Waals surface area (Å²) >= 11 is 5.88. The van der Waals surface area contributed by atoms with Crippen molar-refractivity contribution in [1.29, 1.82) is 5.26 Å². The molecule has 8 heteroatoms. The number of benzene rings is 1. The van der Waals surface area contributed by atoms with E-state index in [2.05, 4.69) is 31.2 Å². The number of nitrogens with one attached hydrogen (secondary N) is 2. The van der Waals surface area contributed by atoms with Gasteiger partial charge in [0.25, 0.3) is 0 Å². The second-order valence-electron chi connectivity index (χ2n) is 6.58. The molecule has 1 aliphatic rings. The van der Waals surface area contributed by atoms with Crippen LogP contribution in [0.3, 0.4) is 0 Å². The van der Waals surface area contributed by atoms with Gasteiger partial charge in [0.05, 0.1) is 11.5 Å². The first-order valence-electron chi connectivity index (χ1n) is 8.63. The van der Waals surface area contributed by atoms with Crippen molar-refractivity contribution >= 4 is 40.0 Å². The predicted octanol–water partition coefficient (Wildman–Crippen LogP) is 3.36. The lowest BCUT2D eigenvalue weighted by Crippen LogP contribution is -2.46. The lowest BCUT2D eigenvalue weighted by Gasteiger charge is -2.36. The molecule has 1 saturated heterocycles. The average molecular weight is 381 g/mol. The number of carbonyl (C=O) groups excluding carboxylic acids is 1. The van der Waals surface area contributed by atoms with Crippen LogP contribution < -0.4 is 10.2 Å². The summed E-state index contributed by atoms with van der Waals surface area (Å²) in [5.41, 5.74) is 0.351. The van der Waals surface area contributed by atoms with E-state index >= 15 is 0 Å². The second-order valence-corrected chi connectivity index (χ2v) is 7.02. The fourth-order valence-corrected chi connectivity index (χ4v) is 3.51. The van der Waals surface area contributed by atoms with Gasteiger partial charge in [-0.25, -0.2) is 9.97 Å². The smallest absolute Gasteiger partial charge is 0.244 e. The molecule has 1 fully saturated rings. The number of halogens is 1. The Bertz CT molecular complexity index is 1010. The van der Waals surface area contributed by atoms with Crippen LogP contribution in [0.1, 0.15) is 12.8 Å². The fraction of sp³-hybridized carbons (Fsp3) is 0.263. The van der Waals surface area contributed by atoms with E-state index in [4.69, 9.17) is 11.6 Å². The normalized spacial score (nSPS) is 16.1. The van der Waals surface area contributed by atoms with Crippen molar-refractivity contribution in [2.24, 2.45) is 5.41 Å². The van der Waals surface area contributed by atoms with Gasteiger partial charge in [0.2, 0.25) is 5.91 Å². The molecule has 3 heterocycles. The van der Waals surface area contributed by atoms with Gasteiger partial charge in [-0.3, -0.25) is 4.79 Å². The van der Waals surface area contributed by atoms with Gasteiger partial charge in [0.1, 0.15) is 23.2 Å². The predicted molar refractivity (Wildman–Crippen MR) is 103 cm³/mol. The Morgan fingerprint density at radius 2 is 1.96 bits per heavy atom. The van der Waals surface area contributed by atoms with E-state index in [1.807, 2.05) is 12.3 Å². The number of anilines is 2. The van der Waals surface area contributed by atoms with Crippen LogP contribution in [0, 0.1) is 16.7 Å². The van der Waals surface area contributed by atoms with Gasteiger partial charge in [-0.1, -0.05) is 11.6 Å². The molecule has 0 spiro atoms. The van der Waals surface area contributed by atoms with E-state index in [-0.39, 0.29) is 5.91 Å². The van der Waals surface area contributed by atoms with Gasteiger partial charge in [-0.05, 0) is 43.2 Å². The number of fused-ring (bicyclic) bond motifs is 1. The quantitative estimate of drug-likeness (QED) is 0.726. The number of aromatic nitrogens is 3. The summed E-state index contributed by atoms with van der Waals surface area (Å²) in [7, 11) is 0. The first-order chi connectivity index (χ1) is 13.1. The zero-order valence-corrected chi connectivity index (χ0v) is 15.2. The average Bonchev–Trinajstić information content (AvgIpc) is 3.19. The van der Waals surface area contributed by atoms with Crippen molar-refractivity contribution < 1.29 is 4.79 Å². The van der Waals surface area contributed by atoms with E-state index < -0.39 is 5.41 Å². The number of H-pyrrole nitrogens is 1. The standard InChI is InChI=1S/C19H17ClN6O/c20-13-1-3-14(4-2-13)25-18(27)19(11-21)6-9-26(10-7-19)17-15-5-8-22-16(15)23-12-24-17/h1-5,8,12H,6-7,9-10H2,(H,25,27)(H,22,23,24). The fourth-order valence-electron chi connectivity index (χ4n) is 3.38. The number of hydrogen-bond donors (Lipinski definition) is 2. The number of hydrogen-bond acceptors (Lipinski definition) is 5. The lowest BCUT2D eigenvalue weighted by atomic mass is 9.78. The van der Waals surface area contributed by atoms with Crippen LogP contribution in [0.5, 0.6) is 0 Å². The highest BCUT2D eigenvalue weighted by Crippen LogP contribution is 2.35. The van der Waals surface area contributed by atoms with E-state index in [0.717, 1.165) is 16.9 Å². The van der Waals surface area contributed by atoms with Gasteiger partial charge >= 0.3 is 0 Å². The summed E-state index contributed by atoms with van der Waals surface area (Å²) in [6.07, 6.45) is 4.21. The van der Waals surface area contributed by atoms with Crippen molar-refractivity contribution in [3.8, 4) is 6.07 Å². The lowest BCUT2D eigenvalue weighted by molar-refractivity contribution is -0.123. The molecule has 2 N–H and O–H groups in total. The summed E-state index contributed by atoms with van der Waals surface area (Å²) in [5, 5.41) is 14.1. The molecular formula is C19H17ClN6O. The first kappa shape index (κ1) is 17.3. The summed E-state index contributed by atoms with van der Waals surface area (Å²) in [6, 6.07) is 11.0. The molecule has 0 aliphatic carbocycles. The van der Waals surface area contributed by atoms with E-state index in [1.165, 1.54) is 6.33 Å². The third-order valence-electron chi connectivity index (χ3n) is 5.00. The third kappa shape index (κ3) is 3.20. The van der Waals surface area contributed by atoms with Crippen LogP contribution in [0.4, 0.5) is 11.5 Å². The molecule has 2 aromatic heterocycles. The number of rotatable bonds is 3. The molecule has 4 rings (SSSR count). The minimum absolute atomic E-state index is 0.276. The molecule has 7 nitrogen and oxygen atoms in total. The van der Waals surface area contributed by atoms with E-state index in [1.54, 1.807) is 24.3 Å². The number of piperidine rings is 1. The minimum Gasteiger partial charge on any atom is -0.356 e. The molecule has 1 aromatic carbocycles. The molecule has 27 heavy (non-hydrogen) atoms. The first-order valence-corrected chi connectivity index (χ1v) is 9.00. The Kier molecular flexibility index (Phi) is 4.42. The van der Waals surface area contributed by atoms with Gasteiger partial charge in [0, 0.05) is 30.0 Å². The monoisotopic (exact) mass is 380 g/mol. The second kappa shape index (κ2) is 6.89. The van der Waals surface area contributed by atoms with Crippen molar-refractivity contribution in [1.82, 2.24) is 15.0 Å². The maximum atomic E-state index is 12.8. The van der Waals surface area contributed by atoms with Gasteiger partial charge in [-0.15, -0.1) is 0 Å². The van der Waals surface area contributed by atoms with Crippen molar-refractivity contribution in [3.05, 3.63) is 47.9 Å². The molecule has 1 aliphatic heterocycles. The largest absolute Gasteiger partial charge is 0.356 e. The minimum atomic E-state index is -1.06. The van der Waals surface area contributed by atoms with Gasteiger partial charge in [-0.2, -0.15) is 5.26 Å². The highest BCUT2D eigenvalue weighted by molar-refractivity contribution is 6.30. The van der Waals surface area contributed by atoms with Gasteiger partial charge in [0.15, 0.2) is 0 Å². The maximum Gasteiger partial charge on any atom is 0.244 e. The molecule has 0 bridgehead atoms. The van der Waals surface area contributed by atoms with Crippen LogP contribution in [0.15, 0.2) is 42.9 Å². The molecule has 0 radical (unpaired) electrons. The maximum absolute atomic E-state index is 12.8. The Morgan fingerprint density at radius 1 is 1.22 bits per heavy atom. The van der Waals surface area contributed by atoms with Crippen LogP contribution in [-0.4, -0.2) is 33.9 Å². The molecule has 1 amide bonds. The number of aromatic amines is 1. The van der Waals surface area contributed by atoms with E-state index in [0.29, 0.717) is 36.6 Å². The van der Waals surface area contributed by atoms with Crippen LogP contribution in [0.2, 0.25) is 5.02 Å². The van der Waals surface area contributed by atoms with Crippen LogP contribution >= 0.6 is 11.6 Å². The summed E-state index contributed by atoms with van der Waals surface area (Å²) in [5.74, 6) is 0.548. The number of amides is 1. The Morgan fingerprint density at radius 3 is 2.67 bits per heavy atom. The van der Waals surface area contributed by atoms with Crippen LogP contribution in [-0.2, 0) is 4.79 Å². The highest BCUT2D eigenvalue weighted by Gasteiger charge is 2.42. The molecular weight excluding hydrogens is 364 g/mol. The highest BCUT2D eigenvalue weighted by atomic mass is 35.5. The molecule has 3 aromatic rings. The summed E-state index contributed by atoms with van der Waals surface area (Å²) in [4.78, 5) is 26.6. The Balaban J connectivity index is 1.50. The SMILES string of the molecule is N#CC1(C(=O)Nc2ccc(Cl)cc2)CCN(c2ncnc3[nH]ccc23)CC1. The number of carbonyl (C=O) groups is 1. The van der Waals surface area contributed by atoms with Crippen molar-refractivity contribution in [2.75, 3.05) is 23.3 Å².